The zero-order valence-corrected chi connectivity index (χ0v) is 13.2. The molecule has 0 bridgehead atoms. The Kier molecular flexibility index (Phi) is 6.16. The van der Waals surface area contributed by atoms with Crippen LogP contribution in [0.15, 0.2) is 18.2 Å². The van der Waals surface area contributed by atoms with Crippen molar-refractivity contribution in [2.75, 3.05) is 13.1 Å². The Bertz CT molecular complexity index is 427. The van der Waals surface area contributed by atoms with E-state index in [1.54, 1.807) is 0 Å². The molecule has 21 heavy (non-hydrogen) atoms. The first-order valence-corrected chi connectivity index (χ1v) is 8.25. The highest BCUT2D eigenvalue weighted by Crippen LogP contribution is 2.36. The van der Waals surface area contributed by atoms with Crippen LogP contribution in [0.2, 0.25) is 0 Å². The highest BCUT2D eigenvalue weighted by Gasteiger charge is 2.29. The van der Waals surface area contributed by atoms with Crippen LogP contribution in [0.4, 0.5) is 8.78 Å². The summed E-state index contributed by atoms with van der Waals surface area (Å²) in [6.07, 6.45) is 5.12. The van der Waals surface area contributed by atoms with E-state index < -0.39 is 11.6 Å². The van der Waals surface area contributed by atoms with Gasteiger partial charge in [-0.25, -0.2) is 8.78 Å². The van der Waals surface area contributed by atoms with E-state index in [0.717, 1.165) is 25.9 Å². The van der Waals surface area contributed by atoms with Crippen molar-refractivity contribution in [1.82, 2.24) is 5.32 Å². The minimum atomic E-state index is -0.395. The van der Waals surface area contributed by atoms with Crippen LogP contribution >= 0.6 is 0 Å². The number of hydrogen-bond donors (Lipinski definition) is 1. The first-order chi connectivity index (χ1) is 10.1. The van der Waals surface area contributed by atoms with Gasteiger partial charge in [0.05, 0.1) is 0 Å². The monoisotopic (exact) mass is 295 g/mol. The van der Waals surface area contributed by atoms with Gasteiger partial charge in [0, 0.05) is 5.56 Å². The molecule has 0 radical (unpaired) electrons. The molecule has 1 N–H and O–H groups in total. The Balaban J connectivity index is 2.05. The Labute approximate surface area is 127 Å². The SMILES string of the molecule is CCCNCC1CCC(C)CC1Cc1c(F)cccc1F. The maximum absolute atomic E-state index is 13.9. The number of hydrogen-bond acceptors (Lipinski definition) is 1. The molecule has 3 unspecified atom stereocenters. The fourth-order valence-corrected chi connectivity index (χ4v) is 3.53. The van der Waals surface area contributed by atoms with Gasteiger partial charge in [0.15, 0.2) is 0 Å². The zero-order valence-electron chi connectivity index (χ0n) is 13.2. The van der Waals surface area contributed by atoms with Crippen molar-refractivity contribution < 1.29 is 8.78 Å². The number of nitrogens with one attached hydrogen (secondary N) is 1. The lowest BCUT2D eigenvalue weighted by molar-refractivity contribution is 0.181. The van der Waals surface area contributed by atoms with Gasteiger partial charge in [-0.3, -0.25) is 0 Å². The van der Waals surface area contributed by atoms with Crippen LogP contribution in [0.25, 0.3) is 0 Å². The molecule has 0 amide bonds. The van der Waals surface area contributed by atoms with Crippen molar-refractivity contribution in [3.63, 3.8) is 0 Å². The third-order valence-corrected chi connectivity index (χ3v) is 4.76. The molecule has 3 heteroatoms. The van der Waals surface area contributed by atoms with Crippen molar-refractivity contribution in [2.45, 2.75) is 46.0 Å². The minimum Gasteiger partial charge on any atom is -0.316 e. The standard InChI is InChI=1S/C18H27F2N/c1-3-9-21-12-14-8-7-13(2)10-15(14)11-16-17(19)5-4-6-18(16)20/h4-6,13-15,21H,3,7-12H2,1-2H3. The van der Waals surface area contributed by atoms with Crippen LogP contribution in [-0.2, 0) is 6.42 Å². The van der Waals surface area contributed by atoms with Crippen LogP contribution in [0, 0.1) is 29.4 Å². The second-order valence-corrected chi connectivity index (χ2v) is 6.55. The fraction of sp³-hybridized carbons (Fsp3) is 0.667. The summed E-state index contributed by atoms with van der Waals surface area (Å²) in [6, 6.07) is 4.18. The van der Waals surface area contributed by atoms with E-state index in [-0.39, 0.29) is 5.56 Å². The summed E-state index contributed by atoms with van der Waals surface area (Å²) < 4.78 is 27.8. The molecule has 1 fully saturated rings. The number of halogens is 2. The van der Waals surface area contributed by atoms with Crippen LogP contribution in [0.1, 0.15) is 45.1 Å². The molecule has 1 nitrogen and oxygen atoms in total. The molecular weight excluding hydrogens is 268 g/mol. The number of rotatable bonds is 6. The maximum atomic E-state index is 13.9. The van der Waals surface area contributed by atoms with Crippen molar-refractivity contribution >= 4 is 0 Å². The van der Waals surface area contributed by atoms with E-state index in [2.05, 4.69) is 19.2 Å². The molecule has 0 aromatic heterocycles. The van der Waals surface area contributed by atoms with Gasteiger partial charge in [0.1, 0.15) is 11.6 Å². The molecule has 3 atom stereocenters. The van der Waals surface area contributed by atoms with E-state index in [1.807, 2.05) is 0 Å². The predicted octanol–water partition coefficient (Wildman–Crippen LogP) is 4.56. The van der Waals surface area contributed by atoms with Crippen LogP contribution in [0.3, 0.4) is 0 Å². The van der Waals surface area contributed by atoms with Crippen LogP contribution in [0.5, 0.6) is 0 Å². The third kappa shape index (κ3) is 4.50. The molecule has 1 aromatic rings. The van der Waals surface area contributed by atoms with Crippen molar-refractivity contribution in [3.05, 3.63) is 35.4 Å². The van der Waals surface area contributed by atoms with Gasteiger partial charge in [-0.05, 0) is 68.7 Å². The average Bonchev–Trinajstić information content (AvgIpc) is 2.45. The molecular formula is C18H27F2N. The topological polar surface area (TPSA) is 12.0 Å². The Morgan fingerprint density at radius 2 is 1.86 bits per heavy atom. The molecule has 118 valence electrons. The van der Waals surface area contributed by atoms with Gasteiger partial charge >= 0.3 is 0 Å². The largest absolute Gasteiger partial charge is 0.316 e. The van der Waals surface area contributed by atoms with Gasteiger partial charge in [-0.2, -0.15) is 0 Å². The molecule has 1 saturated carbocycles. The summed E-state index contributed by atoms with van der Waals surface area (Å²) >= 11 is 0. The maximum Gasteiger partial charge on any atom is 0.129 e. The Morgan fingerprint density at radius 1 is 1.14 bits per heavy atom. The van der Waals surface area contributed by atoms with E-state index in [1.165, 1.54) is 31.0 Å². The Morgan fingerprint density at radius 3 is 2.52 bits per heavy atom. The number of benzene rings is 1. The highest BCUT2D eigenvalue weighted by molar-refractivity contribution is 5.20. The average molecular weight is 295 g/mol. The van der Waals surface area contributed by atoms with Gasteiger partial charge in [0.25, 0.3) is 0 Å². The molecule has 0 heterocycles. The third-order valence-electron chi connectivity index (χ3n) is 4.76. The summed E-state index contributed by atoms with van der Waals surface area (Å²) in [7, 11) is 0. The highest BCUT2D eigenvalue weighted by atomic mass is 19.1. The molecule has 0 aliphatic heterocycles. The van der Waals surface area contributed by atoms with Crippen molar-refractivity contribution in [3.8, 4) is 0 Å². The van der Waals surface area contributed by atoms with Gasteiger partial charge in [-0.1, -0.05) is 26.3 Å². The van der Waals surface area contributed by atoms with Crippen LogP contribution in [-0.4, -0.2) is 13.1 Å². The van der Waals surface area contributed by atoms with Gasteiger partial charge in [-0.15, -0.1) is 0 Å². The summed E-state index contributed by atoms with van der Waals surface area (Å²) in [5.41, 5.74) is 0.275. The summed E-state index contributed by atoms with van der Waals surface area (Å²) in [4.78, 5) is 0. The lowest BCUT2D eigenvalue weighted by atomic mass is 9.72. The quantitative estimate of drug-likeness (QED) is 0.759. The van der Waals surface area contributed by atoms with E-state index in [9.17, 15) is 8.78 Å². The first kappa shape index (κ1) is 16.4. The van der Waals surface area contributed by atoms with E-state index in [4.69, 9.17) is 0 Å². The summed E-state index contributed by atoms with van der Waals surface area (Å²) in [5.74, 6) is 0.783. The Hall–Kier alpha value is -0.960. The molecule has 1 aromatic carbocycles. The van der Waals surface area contributed by atoms with Crippen molar-refractivity contribution in [1.29, 1.82) is 0 Å². The molecule has 0 saturated heterocycles. The molecule has 1 aliphatic rings. The van der Waals surface area contributed by atoms with Gasteiger partial charge in [0.2, 0.25) is 0 Å². The fourth-order valence-electron chi connectivity index (χ4n) is 3.53. The zero-order chi connectivity index (χ0) is 15.2. The minimum absolute atomic E-state index is 0.275. The lowest BCUT2D eigenvalue weighted by Crippen LogP contribution is -2.34. The van der Waals surface area contributed by atoms with E-state index >= 15 is 0 Å². The first-order valence-electron chi connectivity index (χ1n) is 8.25. The van der Waals surface area contributed by atoms with E-state index in [0.29, 0.717) is 24.2 Å². The predicted molar refractivity (Wildman–Crippen MR) is 83.2 cm³/mol. The molecule has 0 spiro atoms. The summed E-state index contributed by atoms with van der Waals surface area (Å²) in [6.45, 7) is 6.40. The van der Waals surface area contributed by atoms with Crippen molar-refractivity contribution in [2.24, 2.45) is 17.8 Å². The second kappa shape index (κ2) is 7.88. The molecule has 1 aliphatic carbocycles. The van der Waals surface area contributed by atoms with Crippen LogP contribution < -0.4 is 5.32 Å². The smallest absolute Gasteiger partial charge is 0.129 e. The summed E-state index contributed by atoms with van der Waals surface area (Å²) in [5, 5.41) is 3.48. The normalized spacial score (nSPS) is 26.0. The second-order valence-electron chi connectivity index (χ2n) is 6.55. The lowest BCUT2D eigenvalue weighted by Gasteiger charge is -2.35. The molecule has 2 rings (SSSR count). The van der Waals surface area contributed by atoms with Gasteiger partial charge < -0.3 is 5.32 Å².